The first kappa shape index (κ1) is 16.1. The van der Waals surface area contributed by atoms with Gasteiger partial charge in [0, 0.05) is 19.8 Å². The van der Waals surface area contributed by atoms with Crippen LogP contribution in [0.2, 0.25) is 0 Å². The predicted molar refractivity (Wildman–Crippen MR) is 93.8 cm³/mol. The number of ether oxygens (including phenoxy) is 1. The Bertz CT molecular complexity index is 841. The van der Waals surface area contributed by atoms with E-state index in [9.17, 15) is 4.79 Å². The second kappa shape index (κ2) is 7.17. The molecule has 0 aliphatic heterocycles. The molecule has 1 heterocycles. The maximum Gasteiger partial charge on any atom is 0.260 e. The van der Waals surface area contributed by atoms with Crippen LogP contribution in [0.3, 0.4) is 0 Å². The van der Waals surface area contributed by atoms with Crippen molar-refractivity contribution in [2.75, 3.05) is 13.7 Å². The molecule has 5 nitrogen and oxygen atoms in total. The highest BCUT2D eigenvalue weighted by Gasteiger charge is 2.12. The second-order valence-corrected chi connectivity index (χ2v) is 5.69. The third-order valence-electron chi connectivity index (χ3n) is 4.01. The van der Waals surface area contributed by atoms with Gasteiger partial charge in [-0.15, -0.1) is 0 Å². The van der Waals surface area contributed by atoms with Gasteiger partial charge in [-0.05, 0) is 35.9 Å². The molecule has 3 aromatic rings. The molecule has 0 saturated carbocycles. The van der Waals surface area contributed by atoms with Gasteiger partial charge in [-0.1, -0.05) is 30.3 Å². The van der Waals surface area contributed by atoms with E-state index in [2.05, 4.69) is 11.2 Å². The van der Waals surface area contributed by atoms with Gasteiger partial charge in [0.25, 0.3) is 5.91 Å². The first-order chi connectivity index (χ1) is 11.7. The molecule has 124 valence electrons. The van der Waals surface area contributed by atoms with E-state index in [0.717, 1.165) is 23.0 Å². The molecule has 0 unspecified atom stereocenters. The summed E-state index contributed by atoms with van der Waals surface area (Å²) in [6.07, 6.45) is 1.75. The van der Waals surface area contributed by atoms with Crippen LogP contribution in [-0.2, 0) is 17.9 Å². The molecule has 0 N–H and O–H groups in total. The van der Waals surface area contributed by atoms with E-state index in [1.165, 1.54) is 0 Å². The Kier molecular flexibility index (Phi) is 4.79. The first-order valence-corrected chi connectivity index (χ1v) is 8.03. The summed E-state index contributed by atoms with van der Waals surface area (Å²) >= 11 is 0. The lowest BCUT2D eigenvalue weighted by atomic mass is 10.1. The maximum atomic E-state index is 12.3. The number of hydrogen-bond acceptors (Lipinski definition) is 3. The van der Waals surface area contributed by atoms with E-state index in [4.69, 9.17) is 4.74 Å². The highest BCUT2D eigenvalue weighted by atomic mass is 16.5. The Labute approximate surface area is 141 Å². The fourth-order valence-corrected chi connectivity index (χ4v) is 2.62. The van der Waals surface area contributed by atoms with E-state index in [1.807, 2.05) is 54.1 Å². The molecule has 0 radical (unpaired) electrons. The molecule has 0 aliphatic rings. The zero-order chi connectivity index (χ0) is 16.9. The third-order valence-corrected chi connectivity index (χ3v) is 4.01. The summed E-state index contributed by atoms with van der Waals surface area (Å²) in [6, 6.07) is 15.8. The summed E-state index contributed by atoms with van der Waals surface area (Å²) in [5, 5.41) is 6.47. The van der Waals surface area contributed by atoms with Gasteiger partial charge in [0.05, 0.1) is 12.2 Å². The fourth-order valence-electron chi connectivity index (χ4n) is 2.62. The topological polar surface area (TPSA) is 47.4 Å². The van der Waals surface area contributed by atoms with Gasteiger partial charge >= 0.3 is 0 Å². The minimum absolute atomic E-state index is 0.0229. The standard InChI is InChI=1S/C19H21N3O2/c1-3-22-17(10-11-20-22)13-21(2)19(23)14-24-18-9-8-15-6-4-5-7-16(15)12-18/h4-12H,3,13-14H2,1-2H3. The average Bonchev–Trinajstić information content (AvgIpc) is 3.06. The van der Waals surface area contributed by atoms with Crippen LogP contribution < -0.4 is 4.74 Å². The number of amides is 1. The normalized spacial score (nSPS) is 10.8. The second-order valence-electron chi connectivity index (χ2n) is 5.69. The molecule has 0 spiro atoms. The number of likely N-dealkylation sites (N-methyl/N-ethyl adjacent to an activating group) is 1. The Hall–Kier alpha value is -2.82. The molecule has 0 saturated heterocycles. The summed E-state index contributed by atoms with van der Waals surface area (Å²) in [6.45, 7) is 3.36. The Morgan fingerprint density at radius 2 is 1.96 bits per heavy atom. The lowest BCUT2D eigenvalue weighted by molar-refractivity contribution is -0.132. The molecule has 24 heavy (non-hydrogen) atoms. The lowest BCUT2D eigenvalue weighted by Gasteiger charge is -2.18. The zero-order valence-electron chi connectivity index (χ0n) is 14.0. The van der Waals surface area contributed by atoms with Crippen molar-refractivity contribution in [3.8, 4) is 5.75 Å². The number of hydrogen-bond donors (Lipinski definition) is 0. The van der Waals surface area contributed by atoms with Crippen LogP contribution in [0, 0.1) is 0 Å². The van der Waals surface area contributed by atoms with Crippen molar-refractivity contribution in [2.24, 2.45) is 0 Å². The minimum Gasteiger partial charge on any atom is -0.484 e. The Balaban J connectivity index is 1.59. The molecular weight excluding hydrogens is 302 g/mol. The molecular formula is C19H21N3O2. The Morgan fingerprint density at radius 1 is 1.17 bits per heavy atom. The van der Waals surface area contributed by atoms with Gasteiger partial charge in [0.2, 0.25) is 0 Å². The molecule has 0 aliphatic carbocycles. The third kappa shape index (κ3) is 3.56. The number of benzene rings is 2. The first-order valence-electron chi connectivity index (χ1n) is 8.03. The van der Waals surface area contributed by atoms with Gasteiger partial charge in [0.15, 0.2) is 6.61 Å². The molecule has 0 atom stereocenters. The van der Waals surface area contributed by atoms with Crippen LogP contribution in [0.5, 0.6) is 5.75 Å². The maximum absolute atomic E-state index is 12.3. The van der Waals surface area contributed by atoms with Crippen molar-refractivity contribution in [3.05, 3.63) is 60.4 Å². The van der Waals surface area contributed by atoms with Crippen LogP contribution in [-0.4, -0.2) is 34.2 Å². The number of rotatable bonds is 6. The average molecular weight is 323 g/mol. The van der Waals surface area contributed by atoms with Crippen LogP contribution >= 0.6 is 0 Å². The van der Waals surface area contributed by atoms with Gasteiger partial charge in [-0.2, -0.15) is 5.10 Å². The largest absolute Gasteiger partial charge is 0.484 e. The summed E-state index contributed by atoms with van der Waals surface area (Å²) in [7, 11) is 1.78. The van der Waals surface area contributed by atoms with Crippen LogP contribution in [0.4, 0.5) is 0 Å². The molecule has 0 fully saturated rings. The van der Waals surface area contributed by atoms with Crippen LogP contribution in [0.25, 0.3) is 10.8 Å². The molecule has 5 heteroatoms. The van der Waals surface area contributed by atoms with E-state index in [1.54, 1.807) is 18.1 Å². The van der Waals surface area contributed by atoms with Crippen molar-refractivity contribution in [3.63, 3.8) is 0 Å². The van der Waals surface area contributed by atoms with Crippen LogP contribution in [0.1, 0.15) is 12.6 Å². The minimum atomic E-state index is -0.0630. The van der Waals surface area contributed by atoms with E-state index in [0.29, 0.717) is 12.3 Å². The van der Waals surface area contributed by atoms with Crippen molar-refractivity contribution in [1.82, 2.24) is 14.7 Å². The number of fused-ring (bicyclic) bond motifs is 1. The van der Waals surface area contributed by atoms with Crippen molar-refractivity contribution >= 4 is 16.7 Å². The molecule has 1 aromatic heterocycles. The van der Waals surface area contributed by atoms with Gasteiger partial charge in [0.1, 0.15) is 5.75 Å². The van der Waals surface area contributed by atoms with E-state index < -0.39 is 0 Å². The number of aryl methyl sites for hydroxylation is 1. The summed E-state index contributed by atoms with van der Waals surface area (Å²) in [4.78, 5) is 13.9. The van der Waals surface area contributed by atoms with Gasteiger partial charge in [-0.25, -0.2) is 0 Å². The number of nitrogens with zero attached hydrogens (tertiary/aromatic N) is 3. The number of carbonyl (C=O) groups is 1. The number of carbonyl (C=O) groups excluding carboxylic acids is 1. The summed E-state index contributed by atoms with van der Waals surface area (Å²) in [5.74, 6) is 0.640. The Morgan fingerprint density at radius 3 is 2.75 bits per heavy atom. The smallest absolute Gasteiger partial charge is 0.260 e. The molecule has 1 amide bonds. The predicted octanol–water partition coefficient (Wildman–Crippen LogP) is 3.09. The van der Waals surface area contributed by atoms with E-state index in [-0.39, 0.29) is 12.5 Å². The highest BCUT2D eigenvalue weighted by molar-refractivity contribution is 5.84. The quantitative estimate of drug-likeness (QED) is 0.700. The lowest BCUT2D eigenvalue weighted by Crippen LogP contribution is -2.31. The fraction of sp³-hybridized carbons (Fsp3) is 0.263. The highest BCUT2D eigenvalue weighted by Crippen LogP contribution is 2.20. The molecule has 2 aromatic carbocycles. The zero-order valence-corrected chi connectivity index (χ0v) is 14.0. The SMILES string of the molecule is CCn1nccc1CN(C)C(=O)COc1ccc2ccccc2c1. The van der Waals surface area contributed by atoms with Gasteiger partial charge < -0.3 is 9.64 Å². The van der Waals surface area contributed by atoms with Crippen molar-refractivity contribution < 1.29 is 9.53 Å². The van der Waals surface area contributed by atoms with Gasteiger partial charge in [-0.3, -0.25) is 9.48 Å². The van der Waals surface area contributed by atoms with Crippen LogP contribution in [0.15, 0.2) is 54.7 Å². The number of aromatic nitrogens is 2. The van der Waals surface area contributed by atoms with Crippen molar-refractivity contribution in [2.45, 2.75) is 20.0 Å². The van der Waals surface area contributed by atoms with E-state index >= 15 is 0 Å². The summed E-state index contributed by atoms with van der Waals surface area (Å²) < 4.78 is 7.54. The van der Waals surface area contributed by atoms with Crippen molar-refractivity contribution in [1.29, 1.82) is 0 Å². The molecule has 3 rings (SSSR count). The molecule has 0 bridgehead atoms. The monoisotopic (exact) mass is 323 g/mol. The summed E-state index contributed by atoms with van der Waals surface area (Å²) in [5.41, 5.74) is 1.01.